The lowest BCUT2D eigenvalue weighted by molar-refractivity contribution is -0.163. The first-order valence-corrected chi connectivity index (χ1v) is 10.2. The Morgan fingerprint density at radius 1 is 1.00 bits per heavy atom. The van der Waals surface area contributed by atoms with Crippen LogP contribution in [0.1, 0.15) is 44.1 Å². The molecule has 140 valence electrons. The van der Waals surface area contributed by atoms with Crippen LogP contribution in [0.15, 0.2) is 54.6 Å². The fourth-order valence-electron chi connectivity index (χ4n) is 6.10. The molecule has 0 amide bonds. The molecular formula is C24H26O3. The highest BCUT2D eigenvalue weighted by atomic mass is 16.5. The molecule has 0 aliphatic heterocycles. The Morgan fingerprint density at radius 3 is 2.74 bits per heavy atom. The zero-order chi connectivity index (χ0) is 18.3. The molecule has 0 unspecified atom stereocenters. The number of ether oxygens (including phenoxy) is 2. The highest BCUT2D eigenvalue weighted by molar-refractivity contribution is 5.79. The van der Waals surface area contributed by atoms with E-state index in [0.29, 0.717) is 18.4 Å². The van der Waals surface area contributed by atoms with E-state index in [9.17, 15) is 4.79 Å². The van der Waals surface area contributed by atoms with Crippen LogP contribution in [0.4, 0.5) is 0 Å². The van der Waals surface area contributed by atoms with Crippen LogP contribution >= 0.6 is 0 Å². The first-order valence-electron chi connectivity index (χ1n) is 10.2. The number of hydrogen-bond acceptors (Lipinski definition) is 3. The zero-order valence-electron chi connectivity index (χ0n) is 15.6. The molecule has 3 aliphatic rings. The Kier molecular flexibility index (Phi) is 4.18. The first kappa shape index (κ1) is 16.9. The monoisotopic (exact) mass is 362 g/mol. The van der Waals surface area contributed by atoms with E-state index in [2.05, 4.69) is 0 Å². The van der Waals surface area contributed by atoms with Gasteiger partial charge in [-0.15, -0.1) is 0 Å². The van der Waals surface area contributed by atoms with Crippen molar-refractivity contribution in [2.24, 2.45) is 23.2 Å². The van der Waals surface area contributed by atoms with Crippen LogP contribution in [0.2, 0.25) is 0 Å². The molecule has 0 spiro atoms. The van der Waals surface area contributed by atoms with Crippen LogP contribution in [0.5, 0.6) is 11.5 Å². The van der Waals surface area contributed by atoms with Gasteiger partial charge in [-0.3, -0.25) is 4.79 Å². The quantitative estimate of drug-likeness (QED) is 0.636. The second kappa shape index (κ2) is 6.70. The van der Waals surface area contributed by atoms with Crippen molar-refractivity contribution in [3.05, 3.63) is 60.2 Å². The lowest BCUT2D eigenvalue weighted by atomic mass is 9.68. The molecular weight excluding hydrogens is 336 g/mol. The van der Waals surface area contributed by atoms with Gasteiger partial charge in [0.2, 0.25) is 0 Å². The van der Waals surface area contributed by atoms with E-state index in [-0.39, 0.29) is 11.4 Å². The van der Waals surface area contributed by atoms with Crippen molar-refractivity contribution >= 4 is 5.97 Å². The van der Waals surface area contributed by atoms with Gasteiger partial charge in [0.15, 0.2) is 0 Å². The van der Waals surface area contributed by atoms with Crippen LogP contribution in [0.25, 0.3) is 0 Å². The number of carbonyl (C=O) groups excluding carboxylic acids is 1. The van der Waals surface area contributed by atoms with E-state index in [1.54, 1.807) is 0 Å². The third kappa shape index (κ3) is 2.84. The van der Waals surface area contributed by atoms with E-state index in [0.717, 1.165) is 29.4 Å². The first-order chi connectivity index (χ1) is 13.3. The molecule has 0 radical (unpaired) electrons. The minimum atomic E-state index is -0.166. The number of rotatable bonds is 5. The second-order valence-corrected chi connectivity index (χ2v) is 8.45. The molecule has 0 saturated heterocycles. The van der Waals surface area contributed by atoms with Gasteiger partial charge in [0.05, 0.1) is 5.41 Å². The van der Waals surface area contributed by atoms with Crippen molar-refractivity contribution in [2.45, 2.75) is 45.1 Å². The smallest absolute Gasteiger partial charge is 0.312 e. The molecule has 2 aromatic carbocycles. The summed E-state index contributed by atoms with van der Waals surface area (Å²) >= 11 is 0. The molecule has 27 heavy (non-hydrogen) atoms. The Balaban J connectivity index is 1.27. The van der Waals surface area contributed by atoms with Gasteiger partial charge in [-0.1, -0.05) is 36.8 Å². The number of carbonyl (C=O) groups is 1. The van der Waals surface area contributed by atoms with E-state index in [1.807, 2.05) is 54.6 Å². The molecule has 3 fully saturated rings. The van der Waals surface area contributed by atoms with Crippen LogP contribution < -0.4 is 4.74 Å². The normalized spacial score (nSPS) is 30.9. The number of para-hydroxylation sites is 1. The van der Waals surface area contributed by atoms with E-state index in [1.165, 1.54) is 32.1 Å². The van der Waals surface area contributed by atoms with Crippen molar-refractivity contribution < 1.29 is 14.3 Å². The molecule has 4 atom stereocenters. The van der Waals surface area contributed by atoms with Gasteiger partial charge in [-0.2, -0.15) is 0 Å². The summed E-state index contributed by atoms with van der Waals surface area (Å²) in [6, 6.07) is 17.6. The molecule has 3 nitrogen and oxygen atoms in total. The fraction of sp³-hybridized carbons (Fsp3) is 0.458. The topological polar surface area (TPSA) is 35.5 Å². The molecule has 0 heterocycles. The summed E-state index contributed by atoms with van der Waals surface area (Å²) < 4.78 is 11.8. The van der Waals surface area contributed by atoms with Crippen LogP contribution in [0, 0.1) is 23.2 Å². The fourth-order valence-corrected chi connectivity index (χ4v) is 6.10. The maximum absolute atomic E-state index is 13.1. The predicted molar refractivity (Wildman–Crippen MR) is 103 cm³/mol. The Hall–Kier alpha value is -2.29. The Bertz CT molecular complexity index is 831. The summed E-state index contributed by atoms with van der Waals surface area (Å²) in [4.78, 5) is 13.1. The number of hydrogen-bond donors (Lipinski definition) is 0. The van der Waals surface area contributed by atoms with E-state index in [4.69, 9.17) is 9.47 Å². The maximum Gasteiger partial charge on any atom is 0.312 e. The highest BCUT2D eigenvalue weighted by Gasteiger charge is 2.64. The predicted octanol–water partition coefficient (Wildman–Crippen LogP) is 5.74. The third-order valence-electron chi connectivity index (χ3n) is 7.17. The number of benzene rings is 2. The summed E-state index contributed by atoms with van der Waals surface area (Å²) in [6.07, 6.45) is 7.23. The minimum absolute atomic E-state index is 0.0616. The summed E-state index contributed by atoms with van der Waals surface area (Å²) in [6.45, 7) is 0.330. The lowest BCUT2D eigenvalue weighted by Gasteiger charge is -2.37. The van der Waals surface area contributed by atoms with Crippen LogP contribution in [-0.4, -0.2) is 5.97 Å². The summed E-state index contributed by atoms with van der Waals surface area (Å²) in [5.74, 6) is 3.55. The molecule has 2 aromatic rings. The second-order valence-electron chi connectivity index (χ2n) is 8.45. The van der Waals surface area contributed by atoms with Gasteiger partial charge >= 0.3 is 5.97 Å². The molecule has 3 aliphatic carbocycles. The van der Waals surface area contributed by atoms with Crippen LogP contribution in [0.3, 0.4) is 0 Å². The summed E-state index contributed by atoms with van der Waals surface area (Å²) in [7, 11) is 0. The summed E-state index contributed by atoms with van der Waals surface area (Å²) in [5, 5.41) is 0. The standard InChI is InChI=1S/C24H26O3/c25-23(24-13-5-10-22(24)18-11-12-19(24)15-18)26-16-17-6-4-9-21(14-17)27-20-7-2-1-3-8-20/h1-4,6-9,14,18-19,22H,5,10-13,15-16H2/t18-,19+,22-,24-/m1/s1. The van der Waals surface area contributed by atoms with Gasteiger partial charge < -0.3 is 9.47 Å². The van der Waals surface area contributed by atoms with Crippen molar-refractivity contribution in [3.63, 3.8) is 0 Å². The molecule has 0 aromatic heterocycles. The summed E-state index contributed by atoms with van der Waals surface area (Å²) in [5.41, 5.74) is 0.812. The SMILES string of the molecule is O=C(OCc1cccc(Oc2ccccc2)c1)[C@@]12CCC[C@@H]1[C@@H]1CC[C@H]2C1. The van der Waals surface area contributed by atoms with Crippen molar-refractivity contribution in [2.75, 3.05) is 0 Å². The van der Waals surface area contributed by atoms with Crippen LogP contribution in [-0.2, 0) is 16.1 Å². The minimum Gasteiger partial charge on any atom is -0.460 e. The maximum atomic E-state index is 13.1. The molecule has 2 bridgehead atoms. The van der Waals surface area contributed by atoms with Gasteiger partial charge in [0.25, 0.3) is 0 Å². The molecule has 3 heteroatoms. The number of esters is 1. The highest BCUT2D eigenvalue weighted by Crippen LogP contribution is 2.66. The van der Waals surface area contributed by atoms with Crippen molar-refractivity contribution in [1.82, 2.24) is 0 Å². The van der Waals surface area contributed by atoms with Gasteiger partial charge in [0, 0.05) is 0 Å². The zero-order valence-corrected chi connectivity index (χ0v) is 15.6. The van der Waals surface area contributed by atoms with Gasteiger partial charge in [-0.05, 0) is 79.7 Å². The average molecular weight is 362 g/mol. The van der Waals surface area contributed by atoms with Gasteiger partial charge in [0.1, 0.15) is 18.1 Å². The van der Waals surface area contributed by atoms with Crippen molar-refractivity contribution in [1.29, 1.82) is 0 Å². The molecule has 0 N–H and O–H groups in total. The largest absolute Gasteiger partial charge is 0.460 e. The Labute approximate surface area is 160 Å². The average Bonchev–Trinajstić information content (AvgIpc) is 3.40. The Morgan fingerprint density at radius 2 is 1.85 bits per heavy atom. The molecule has 3 saturated carbocycles. The number of fused-ring (bicyclic) bond motifs is 5. The lowest BCUT2D eigenvalue weighted by Crippen LogP contribution is -2.41. The van der Waals surface area contributed by atoms with E-state index >= 15 is 0 Å². The van der Waals surface area contributed by atoms with Crippen molar-refractivity contribution in [3.8, 4) is 11.5 Å². The van der Waals surface area contributed by atoms with E-state index < -0.39 is 0 Å². The van der Waals surface area contributed by atoms with Gasteiger partial charge in [-0.25, -0.2) is 0 Å². The third-order valence-corrected chi connectivity index (χ3v) is 7.17. The molecule has 5 rings (SSSR count).